The van der Waals surface area contributed by atoms with E-state index in [2.05, 4.69) is 21.2 Å². The minimum atomic E-state index is 0. The summed E-state index contributed by atoms with van der Waals surface area (Å²) in [4.78, 5) is 19.7. The van der Waals surface area contributed by atoms with E-state index in [1.54, 1.807) is 11.3 Å². The summed E-state index contributed by atoms with van der Waals surface area (Å²) >= 11 is 1.74. The van der Waals surface area contributed by atoms with Gasteiger partial charge in [0.1, 0.15) is 0 Å². The van der Waals surface area contributed by atoms with Crippen molar-refractivity contribution in [3.63, 3.8) is 0 Å². The topological polar surface area (TPSA) is 35.6 Å². The van der Waals surface area contributed by atoms with Gasteiger partial charge in [0.05, 0.1) is 4.88 Å². The Morgan fingerprint density at radius 3 is 2.82 bits per heavy atom. The van der Waals surface area contributed by atoms with Crippen LogP contribution in [0.3, 0.4) is 0 Å². The largest absolute Gasteiger partial charge is 0.336 e. The number of rotatable bonds is 2. The van der Waals surface area contributed by atoms with Crippen LogP contribution in [-0.2, 0) is 12.8 Å². The van der Waals surface area contributed by atoms with Gasteiger partial charge in [-0.15, -0.1) is 23.7 Å². The van der Waals surface area contributed by atoms with Gasteiger partial charge in [0.15, 0.2) is 0 Å². The molecule has 1 aromatic rings. The number of thiophene rings is 1. The molecule has 0 radical (unpaired) electrons. The van der Waals surface area contributed by atoms with Crippen molar-refractivity contribution in [3.05, 3.63) is 21.4 Å². The third kappa shape index (κ3) is 3.04. The Morgan fingerprint density at radius 2 is 2.05 bits per heavy atom. The lowest BCUT2D eigenvalue weighted by Crippen LogP contribution is -2.49. The van der Waals surface area contributed by atoms with Gasteiger partial charge >= 0.3 is 0 Å². The number of nitrogens with one attached hydrogen (secondary N) is 1. The van der Waals surface area contributed by atoms with Crippen LogP contribution in [0.1, 0.15) is 33.0 Å². The number of aryl methyl sites for hydroxylation is 2. The van der Waals surface area contributed by atoms with Crippen molar-refractivity contribution in [2.24, 2.45) is 0 Å². The van der Waals surface area contributed by atoms with E-state index in [0.717, 1.165) is 50.6 Å². The molecule has 3 heterocycles. The summed E-state index contributed by atoms with van der Waals surface area (Å²) in [7, 11) is 0. The summed E-state index contributed by atoms with van der Waals surface area (Å²) in [6.07, 6.45) is 4.75. The van der Waals surface area contributed by atoms with Crippen LogP contribution >= 0.6 is 23.7 Å². The van der Waals surface area contributed by atoms with Crippen LogP contribution in [0.25, 0.3) is 0 Å². The Labute approximate surface area is 142 Å². The predicted molar refractivity (Wildman–Crippen MR) is 92.3 cm³/mol. The van der Waals surface area contributed by atoms with Gasteiger partial charge in [-0.1, -0.05) is 0 Å². The molecule has 22 heavy (non-hydrogen) atoms. The lowest BCUT2D eigenvalue weighted by Gasteiger charge is -2.32. The van der Waals surface area contributed by atoms with Gasteiger partial charge in [0.25, 0.3) is 5.91 Å². The number of carbonyl (C=O) groups excluding carboxylic acids is 1. The Balaban J connectivity index is 0.00000144. The van der Waals surface area contributed by atoms with E-state index in [1.165, 1.54) is 29.7 Å². The Hall–Kier alpha value is -0.620. The number of amides is 1. The highest BCUT2D eigenvalue weighted by atomic mass is 35.5. The van der Waals surface area contributed by atoms with Crippen LogP contribution in [0.2, 0.25) is 0 Å². The fourth-order valence-corrected chi connectivity index (χ4v) is 5.08. The highest BCUT2D eigenvalue weighted by molar-refractivity contribution is 7.14. The molecule has 4 nitrogen and oxygen atoms in total. The zero-order chi connectivity index (χ0) is 14.2. The second kappa shape index (κ2) is 6.87. The molecule has 1 atom stereocenters. The zero-order valence-electron chi connectivity index (χ0n) is 12.8. The van der Waals surface area contributed by atoms with E-state index in [0.29, 0.717) is 6.04 Å². The normalized spacial score (nSPS) is 25.1. The molecule has 122 valence electrons. The van der Waals surface area contributed by atoms with E-state index >= 15 is 0 Å². The molecule has 1 amide bonds. The number of likely N-dealkylation sites (tertiary alicyclic amines) is 1. The number of hydrogen-bond donors (Lipinski definition) is 1. The summed E-state index contributed by atoms with van der Waals surface area (Å²) in [6, 6.07) is 2.73. The molecule has 1 N–H and O–H groups in total. The number of nitrogens with zero attached hydrogens (tertiary/aromatic N) is 2. The molecule has 0 spiro atoms. The van der Waals surface area contributed by atoms with Gasteiger partial charge in [0, 0.05) is 50.2 Å². The molecule has 4 rings (SSSR count). The lowest BCUT2D eigenvalue weighted by atomic mass is 10.2. The number of halogens is 1. The van der Waals surface area contributed by atoms with Crippen molar-refractivity contribution in [3.8, 4) is 0 Å². The molecule has 0 aromatic carbocycles. The first-order valence-corrected chi connectivity index (χ1v) is 8.98. The van der Waals surface area contributed by atoms with E-state index in [4.69, 9.17) is 0 Å². The van der Waals surface area contributed by atoms with Crippen LogP contribution in [0.4, 0.5) is 0 Å². The molecular weight excluding hydrogens is 318 g/mol. The molecule has 6 heteroatoms. The number of fused-ring (bicyclic) bond motifs is 1. The molecule has 0 bridgehead atoms. The average molecular weight is 342 g/mol. The van der Waals surface area contributed by atoms with Gasteiger partial charge in [-0.3, -0.25) is 9.69 Å². The monoisotopic (exact) mass is 341 g/mol. The first-order valence-electron chi connectivity index (χ1n) is 8.17. The van der Waals surface area contributed by atoms with Crippen molar-refractivity contribution < 1.29 is 4.79 Å². The fraction of sp³-hybridized carbons (Fsp3) is 0.688. The van der Waals surface area contributed by atoms with Crippen molar-refractivity contribution in [1.29, 1.82) is 0 Å². The standard InChI is InChI=1S/C16H23N3OS.ClH/c20-16(15-10-12-2-1-3-14(12)21-15)19-7-4-13(11-19)18-8-5-17-6-9-18;/h10,13,17H,1-9,11H2;1H. The van der Waals surface area contributed by atoms with Crippen molar-refractivity contribution in [2.75, 3.05) is 39.3 Å². The molecular formula is C16H24ClN3OS. The van der Waals surface area contributed by atoms with Gasteiger partial charge in [-0.05, 0) is 37.3 Å². The maximum Gasteiger partial charge on any atom is 0.263 e. The predicted octanol–water partition coefficient (Wildman–Crippen LogP) is 1.78. The molecule has 2 saturated heterocycles. The van der Waals surface area contributed by atoms with Crippen molar-refractivity contribution >= 4 is 29.7 Å². The summed E-state index contributed by atoms with van der Waals surface area (Å²) < 4.78 is 0. The van der Waals surface area contributed by atoms with Gasteiger partial charge in [0.2, 0.25) is 0 Å². The van der Waals surface area contributed by atoms with Crippen LogP contribution in [0, 0.1) is 0 Å². The van der Waals surface area contributed by atoms with Gasteiger partial charge in [-0.2, -0.15) is 0 Å². The lowest BCUT2D eigenvalue weighted by molar-refractivity contribution is 0.0778. The molecule has 2 fully saturated rings. The summed E-state index contributed by atoms with van der Waals surface area (Å²) in [5.41, 5.74) is 1.43. The quantitative estimate of drug-likeness (QED) is 0.890. The summed E-state index contributed by atoms with van der Waals surface area (Å²) in [5, 5.41) is 3.40. The van der Waals surface area contributed by atoms with Crippen molar-refractivity contribution in [1.82, 2.24) is 15.1 Å². The smallest absolute Gasteiger partial charge is 0.263 e. The SMILES string of the molecule is Cl.O=C(c1cc2c(s1)CCC2)N1CCC(N2CCNCC2)C1. The van der Waals surface area contributed by atoms with Crippen LogP contribution in [0.15, 0.2) is 6.07 Å². The summed E-state index contributed by atoms with van der Waals surface area (Å²) in [5.74, 6) is 0.270. The van der Waals surface area contributed by atoms with E-state index < -0.39 is 0 Å². The third-order valence-corrected chi connectivity index (χ3v) is 6.30. The van der Waals surface area contributed by atoms with Crippen LogP contribution in [-0.4, -0.2) is 61.0 Å². The Bertz CT molecular complexity index is 520. The molecule has 0 saturated carbocycles. The summed E-state index contributed by atoms with van der Waals surface area (Å²) in [6.45, 7) is 6.27. The number of hydrogen-bond acceptors (Lipinski definition) is 4. The van der Waals surface area contributed by atoms with E-state index in [1.807, 2.05) is 0 Å². The highest BCUT2D eigenvalue weighted by Crippen LogP contribution is 2.32. The Morgan fingerprint density at radius 1 is 1.23 bits per heavy atom. The van der Waals surface area contributed by atoms with E-state index in [-0.39, 0.29) is 18.3 Å². The fourth-order valence-electron chi connectivity index (χ4n) is 3.86. The maximum atomic E-state index is 12.7. The zero-order valence-corrected chi connectivity index (χ0v) is 14.5. The number of carbonyl (C=O) groups is 1. The molecule has 3 aliphatic rings. The Kier molecular flexibility index (Phi) is 5.07. The molecule has 2 aliphatic heterocycles. The maximum absolute atomic E-state index is 12.7. The number of piperazine rings is 1. The average Bonchev–Trinajstić information content (AvgIpc) is 3.22. The second-order valence-electron chi connectivity index (χ2n) is 6.39. The van der Waals surface area contributed by atoms with Crippen molar-refractivity contribution in [2.45, 2.75) is 31.7 Å². The minimum Gasteiger partial charge on any atom is -0.336 e. The van der Waals surface area contributed by atoms with E-state index in [9.17, 15) is 4.79 Å². The van der Waals surface area contributed by atoms with Gasteiger partial charge < -0.3 is 10.2 Å². The minimum absolute atomic E-state index is 0. The van der Waals surface area contributed by atoms with Gasteiger partial charge in [-0.25, -0.2) is 0 Å². The molecule has 1 aromatic heterocycles. The van der Waals surface area contributed by atoms with Crippen LogP contribution < -0.4 is 5.32 Å². The first-order chi connectivity index (χ1) is 10.3. The molecule has 1 aliphatic carbocycles. The second-order valence-corrected chi connectivity index (χ2v) is 7.53. The first kappa shape index (κ1) is 16.2. The van der Waals surface area contributed by atoms with Crippen LogP contribution in [0.5, 0.6) is 0 Å². The third-order valence-electron chi connectivity index (χ3n) is 5.08. The molecule has 1 unspecified atom stereocenters. The highest BCUT2D eigenvalue weighted by Gasteiger charge is 2.32.